The molecule has 0 saturated carbocycles. The number of benzene rings is 1. The second-order valence-corrected chi connectivity index (χ2v) is 6.41. The molecule has 3 nitrogen and oxygen atoms in total. The molecule has 0 aromatic heterocycles. The van der Waals surface area contributed by atoms with Crippen LogP contribution in [0.1, 0.15) is 39.7 Å². The molecule has 3 heteroatoms. The Labute approximate surface area is 123 Å². The van der Waals surface area contributed by atoms with Gasteiger partial charge in [-0.05, 0) is 46.1 Å². The first-order valence-corrected chi connectivity index (χ1v) is 7.46. The first-order chi connectivity index (χ1) is 9.37. The summed E-state index contributed by atoms with van der Waals surface area (Å²) in [4.78, 5) is 0. The molecule has 2 N–H and O–H groups in total. The average Bonchev–Trinajstić information content (AvgIpc) is 2.41. The number of nitrogens with one attached hydrogen (secondary N) is 1. The third-order valence-corrected chi connectivity index (χ3v) is 3.12. The molecule has 2 atom stereocenters. The van der Waals surface area contributed by atoms with E-state index < -0.39 is 6.10 Å². The molecule has 114 valence electrons. The van der Waals surface area contributed by atoms with Gasteiger partial charge in [0.05, 0.1) is 18.3 Å². The van der Waals surface area contributed by atoms with Gasteiger partial charge in [-0.2, -0.15) is 0 Å². The topological polar surface area (TPSA) is 41.5 Å². The third kappa shape index (κ3) is 8.31. The van der Waals surface area contributed by atoms with Crippen LogP contribution in [-0.4, -0.2) is 36.0 Å². The van der Waals surface area contributed by atoms with E-state index in [9.17, 15) is 5.11 Å². The summed E-state index contributed by atoms with van der Waals surface area (Å²) in [5.41, 5.74) is 1.16. The van der Waals surface area contributed by atoms with Crippen molar-refractivity contribution in [2.24, 2.45) is 0 Å². The van der Waals surface area contributed by atoms with E-state index in [1.807, 2.05) is 26.8 Å². The first kappa shape index (κ1) is 17.2. The molecule has 0 fully saturated rings. The Balaban J connectivity index is 2.15. The van der Waals surface area contributed by atoms with Crippen LogP contribution in [0.4, 0.5) is 0 Å². The number of ether oxygens (including phenoxy) is 1. The van der Waals surface area contributed by atoms with Gasteiger partial charge in [0.15, 0.2) is 0 Å². The highest BCUT2D eigenvalue weighted by Gasteiger charge is 2.14. The standard InChI is InChI=1S/C17H29NO2/c1-14(10-11-15-8-6-5-7-9-15)18-12-16(19)13-20-17(2,3)4/h5-9,14,16,18-19H,10-13H2,1-4H3. The van der Waals surface area contributed by atoms with E-state index in [-0.39, 0.29) is 5.60 Å². The Morgan fingerprint density at radius 3 is 2.45 bits per heavy atom. The Morgan fingerprint density at radius 2 is 1.85 bits per heavy atom. The molecule has 0 amide bonds. The smallest absolute Gasteiger partial charge is 0.0898 e. The maximum absolute atomic E-state index is 9.86. The molecule has 1 aromatic rings. The highest BCUT2D eigenvalue weighted by Crippen LogP contribution is 2.07. The normalized spacial score (nSPS) is 15.1. The van der Waals surface area contributed by atoms with E-state index in [0.717, 1.165) is 12.8 Å². The number of hydrogen-bond acceptors (Lipinski definition) is 3. The number of aliphatic hydroxyl groups excluding tert-OH is 1. The molecular formula is C17H29NO2. The van der Waals surface area contributed by atoms with Gasteiger partial charge in [-0.1, -0.05) is 30.3 Å². The van der Waals surface area contributed by atoms with Crippen LogP contribution >= 0.6 is 0 Å². The van der Waals surface area contributed by atoms with Crippen LogP contribution in [0.3, 0.4) is 0 Å². The first-order valence-electron chi connectivity index (χ1n) is 7.46. The summed E-state index contributed by atoms with van der Waals surface area (Å²) in [6.45, 7) is 9.09. The third-order valence-electron chi connectivity index (χ3n) is 3.12. The minimum absolute atomic E-state index is 0.195. The molecular weight excluding hydrogens is 250 g/mol. The van der Waals surface area contributed by atoms with Crippen LogP contribution in [0.2, 0.25) is 0 Å². The lowest BCUT2D eigenvalue weighted by molar-refractivity contribution is -0.0483. The number of aliphatic hydroxyl groups is 1. The number of aryl methyl sites for hydroxylation is 1. The van der Waals surface area contributed by atoms with Gasteiger partial charge < -0.3 is 15.2 Å². The zero-order chi connectivity index (χ0) is 15.0. The molecule has 0 spiro atoms. The summed E-state index contributed by atoms with van der Waals surface area (Å²) in [5.74, 6) is 0. The van der Waals surface area contributed by atoms with Crippen LogP contribution < -0.4 is 5.32 Å². The minimum Gasteiger partial charge on any atom is -0.389 e. The molecule has 1 rings (SSSR count). The van der Waals surface area contributed by atoms with E-state index >= 15 is 0 Å². The molecule has 0 aliphatic carbocycles. The Bertz CT molecular complexity index is 359. The summed E-state index contributed by atoms with van der Waals surface area (Å²) in [7, 11) is 0. The van der Waals surface area contributed by atoms with Crippen LogP contribution in [0.5, 0.6) is 0 Å². The Hall–Kier alpha value is -0.900. The van der Waals surface area contributed by atoms with Gasteiger partial charge in [-0.3, -0.25) is 0 Å². The molecule has 0 bridgehead atoms. The Morgan fingerprint density at radius 1 is 1.20 bits per heavy atom. The zero-order valence-corrected chi connectivity index (χ0v) is 13.2. The molecule has 2 unspecified atom stereocenters. The van der Waals surface area contributed by atoms with Crippen LogP contribution in [-0.2, 0) is 11.2 Å². The van der Waals surface area contributed by atoms with Gasteiger partial charge in [0, 0.05) is 12.6 Å². The summed E-state index contributed by atoms with van der Waals surface area (Å²) in [6.07, 6.45) is 1.67. The lowest BCUT2D eigenvalue weighted by Crippen LogP contribution is -2.37. The van der Waals surface area contributed by atoms with Crippen molar-refractivity contribution < 1.29 is 9.84 Å². The van der Waals surface area contributed by atoms with E-state index in [0.29, 0.717) is 19.2 Å². The largest absolute Gasteiger partial charge is 0.389 e. The van der Waals surface area contributed by atoms with Gasteiger partial charge in [0.25, 0.3) is 0 Å². The van der Waals surface area contributed by atoms with Gasteiger partial charge in [-0.15, -0.1) is 0 Å². The molecule has 20 heavy (non-hydrogen) atoms. The van der Waals surface area contributed by atoms with E-state index in [1.54, 1.807) is 0 Å². The SMILES string of the molecule is CC(CCc1ccccc1)NCC(O)COC(C)(C)C. The van der Waals surface area contributed by atoms with Crippen molar-refractivity contribution in [3.63, 3.8) is 0 Å². The molecule has 0 radical (unpaired) electrons. The molecule has 0 saturated heterocycles. The summed E-state index contributed by atoms with van der Waals surface area (Å²) in [6, 6.07) is 10.9. The second kappa shape index (κ2) is 8.40. The maximum atomic E-state index is 9.86. The zero-order valence-electron chi connectivity index (χ0n) is 13.2. The van der Waals surface area contributed by atoms with Crippen LogP contribution in [0.15, 0.2) is 30.3 Å². The fraction of sp³-hybridized carbons (Fsp3) is 0.647. The predicted octanol–water partition coefficient (Wildman–Crippen LogP) is 2.77. The predicted molar refractivity (Wildman–Crippen MR) is 83.9 cm³/mol. The van der Waals surface area contributed by atoms with Gasteiger partial charge in [0.1, 0.15) is 0 Å². The quantitative estimate of drug-likeness (QED) is 0.769. The van der Waals surface area contributed by atoms with Gasteiger partial charge in [0.2, 0.25) is 0 Å². The summed E-state index contributed by atoms with van der Waals surface area (Å²) in [5, 5.41) is 13.2. The molecule has 0 aliphatic rings. The molecule has 1 aromatic carbocycles. The average molecular weight is 279 g/mol. The highest BCUT2D eigenvalue weighted by molar-refractivity contribution is 5.14. The van der Waals surface area contributed by atoms with Crippen molar-refractivity contribution in [3.05, 3.63) is 35.9 Å². The van der Waals surface area contributed by atoms with Crippen molar-refractivity contribution in [3.8, 4) is 0 Å². The van der Waals surface area contributed by atoms with Crippen molar-refractivity contribution in [1.29, 1.82) is 0 Å². The lowest BCUT2D eigenvalue weighted by atomic mass is 10.1. The summed E-state index contributed by atoms with van der Waals surface area (Å²) < 4.78 is 5.56. The summed E-state index contributed by atoms with van der Waals surface area (Å²) >= 11 is 0. The molecule has 0 heterocycles. The van der Waals surface area contributed by atoms with Gasteiger partial charge >= 0.3 is 0 Å². The fourth-order valence-corrected chi connectivity index (χ4v) is 1.87. The number of hydrogen-bond donors (Lipinski definition) is 2. The number of rotatable bonds is 8. The highest BCUT2D eigenvalue weighted by atomic mass is 16.5. The fourth-order valence-electron chi connectivity index (χ4n) is 1.87. The van der Waals surface area contributed by atoms with Crippen molar-refractivity contribution in [2.45, 2.75) is 58.3 Å². The lowest BCUT2D eigenvalue weighted by Gasteiger charge is -2.23. The van der Waals surface area contributed by atoms with Crippen molar-refractivity contribution in [1.82, 2.24) is 5.32 Å². The maximum Gasteiger partial charge on any atom is 0.0898 e. The monoisotopic (exact) mass is 279 g/mol. The van der Waals surface area contributed by atoms with Crippen LogP contribution in [0.25, 0.3) is 0 Å². The Kier molecular flexibility index (Phi) is 7.20. The van der Waals surface area contributed by atoms with Crippen molar-refractivity contribution in [2.75, 3.05) is 13.2 Å². The second-order valence-electron chi connectivity index (χ2n) is 6.41. The van der Waals surface area contributed by atoms with E-state index in [2.05, 4.69) is 36.5 Å². The van der Waals surface area contributed by atoms with E-state index in [1.165, 1.54) is 5.56 Å². The van der Waals surface area contributed by atoms with Crippen LogP contribution in [0, 0.1) is 0 Å². The van der Waals surface area contributed by atoms with Crippen molar-refractivity contribution >= 4 is 0 Å². The molecule has 0 aliphatic heterocycles. The van der Waals surface area contributed by atoms with E-state index in [4.69, 9.17) is 4.74 Å². The van der Waals surface area contributed by atoms with Gasteiger partial charge in [-0.25, -0.2) is 0 Å². The minimum atomic E-state index is -0.451.